The Balaban J connectivity index is 1.44. The summed E-state index contributed by atoms with van der Waals surface area (Å²) in [6.45, 7) is 3.25. The summed E-state index contributed by atoms with van der Waals surface area (Å²) < 4.78 is 5.09. The van der Waals surface area contributed by atoms with E-state index in [0.717, 1.165) is 16.7 Å². The molecule has 7 heteroatoms. The third kappa shape index (κ3) is 3.57. The molecule has 4 atom stereocenters. The number of aryl methyl sites for hydroxylation is 1. The molecule has 0 saturated carbocycles. The molecule has 0 spiro atoms. The van der Waals surface area contributed by atoms with E-state index in [-0.39, 0.29) is 17.6 Å². The predicted molar refractivity (Wildman–Crippen MR) is 137 cm³/mol. The quantitative estimate of drug-likeness (QED) is 0.234. The van der Waals surface area contributed by atoms with Crippen molar-refractivity contribution in [2.45, 2.75) is 25.9 Å². The fourth-order valence-corrected chi connectivity index (χ4v) is 5.83. The van der Waals surface area contributed by atoms with Gasteiger partial charge in [0.1, 0.15) is 11.8 Å². The molecule has 0 N–H and O–H groups in total. The molecular weight excluding hydrogens is 468 g/mol. The van der Waals surface area contributed by atoms with Crippen molar-refractivity contribution in [3.63, 3.8) is 0 Å². The number of hydrogen-bond acceptors (Lipinski definition) is 6. The second kappa shape index (κ2) is 8.55. The minimum Gasteiger partial charge on any atom is -0.427 e. The van der Waals surface area contributed by atoms with Crippen molar-refractivity contribution in [2.24, 2.45) is 11.8 Å². The molecule has 2 saturated heterocycles. The maximum absolute atomic E-state index is 14.0. The Bertz CT molecular complexity index is 1470. The molecule has 3 aromatic rings. The van der Waals surface area contributed by atoms with Gasteiger partial charge in [-0.1, -0.05) is 42.0 Å². The number of nitrogens with zero attached hydrogens (tertiary/aromatic N) is 2. The van der Waals surface area contributed by atoms with Gasteiger partial charge < -0.3 is 9.64 Å². The number of imide groups is 1. The summed E-state index contributed by atoms with van der Waals surface area (Å²) in [6, 6.07) is 20.0. The number of Topliss-reactive ketones (excluding diaryl/α,β-unsaturated/α-hetero) is 1. The maximum atomic E-state index is 14.0. The molecule has 37 heavy (non-hydrogen) atoms. The molecule has 3 aliphatic heterocycles. The van der Waals surface area contributed by atoms with Crippen LogP contribution in [0.25, 0.3) is 6.08 Å². The largest absolute Gasteiger partial charge is 0.427 e. The van der Waals surface area contributed by atoms with E-state index in [4.69, 9.17) is 4.74 Å². The van der Waals surface area contributed by atoms with E-state index in [9.17, 15) is 19.2 Å². The van der Waals surface area contributed by atoms with Crippen molar-refractivity contribution in [1.29, 1.82) is 0 Å². The average Bonchev–Trinajstić information content (AvgIpc) is 3.37. The Kier molecular flexibility index (Phi) is 5.30. The summed E-state index contributed by atoms with van der Waals surface area (Å²) in [4.78, 5) is 56.2. The van der Waals surface area contributed by atoms with Gasteiger partial charge in [0.25, 0.3) is 0 Å². The number of anilines is 1. The average molecular weight is 493 g/mol. The molecule has 0 aromatic heterocycles. The molecule has 3 aliphatic rings. The van der Waals surface area contributed by atoms with Gasteiger partial charge in [0, 0.05) is 18.7 Å². The molecule has 3 heterocycles. The van der Waals surface area contributed by atoms with Crippen LogP contribution in [0, 0.1) is 18.8 Å². The molecule has 2 fully saturated rings. The number of ether oxygens (including phenoxy) is 1. The highest BCUT2D eigenvalue weighted by molar-refractivity contribution is 6.24. The Morgan fingerprint density at radius 2 is 1.51 bits per heavy atom. The number of benzene rings is 3. The third-order valence-electron chi connectivity index (χ3n) is 7.42. The monoisotopic (exact) mass is 492 g/mol. The van der Waals surface area contributed by atoms with Crippen molar-refractivity contribution in [2.75, 3.05) is 4.90 Å². The van der Waals surface area contributed by atoms with Crippen LogP contribution in [0.3, 0.4) is 0 Å². The Morgan fingerprint density at radius 1 is 0.838 bits per heavy atom. The van der Waals surface area contributed by atoms with Gasteiger partial charge in [-0.3, -0.25) is 19.2 Å². The van der Waals surface area contributed by atoms with Crippen LogP contribution in [-0.2, 0) is 14.4 Å². The molecular formula is C30H24N2O5. The second-order valence-electron chi connectivity index (χ2n) is 9.66. The SMILES string of the molecule is CC(=O)Oc1ccc(C(=O)[C@@H]2[C@@H]3C(=O)N(c4ccc(C)cc4)C(=O)[C@@H]3[C@@H]3c4ccccc4C=CN23)cc1. The van der Waals surface area contributed by atoms with Gasteiger partial charge in [0.05, 0.1) is 23.6 Å². The van der Waals surface area contributed by atoms with Gasteiger partial charge in [-0.2, -0.15) is 0 Å². The smallest absolute Gasteiger partial charge is 0.308 e. The van der Waals surface area contributed by atoms with E-state index in [2.05, 4.69) is 0 Å². The number of carbonyl (C=O) groups excluding carboxylic acids is 4. The predicted octanol–water partition coefficient (Wildman–Crippen LogP) is 4.32. The molecule has 3 aromatic carbocycles. The number of amides is 2. The number of ketones is 1. The number of rotatable bonds is 4. The maximum Gasteiger partial charge on any atom is 0.308 e. The van der Waals surface area contributed by atoms with Gasteiger partial charge >= 0.3 is 5.97 Å². The van der Waals surface area contributed by atoms with E-state index < -0.39 is 29.9 Å². The lowest BCUT2D eigenvalue weighted by Crippen LogP contribution is -2.44. The zero-order chi connectivity index (χ0) is 25.8. The van der Waals surface area contributed by atoms with Crippen molar-refractivity contribution < 1.29 is 23.9 Å². The second-order valence-corrected chi connectivity index (χ2v) is 9.66. The molecule has 2 amide bonds. The van der Waals surface area contributed by atoms with E-state index in [0.29, 0.717) is 17.0 Å². The standard InChI is InChI=1S/C30H24N2O5/c1-17-7-11-21(12-8-17)32-29(35)24-25(30(32)36)27(28(34)20-9-13-22(14-10-20)37-18(2)33)31-16-15-19-5-3-4-6-23(19)26(24)31/h3-16,24-27H,1-2H3/t24-,25+,26-,27-/m0/s1. The first-order valence-electron chi connectivity index (χ1n) is 12.2. The van der Waals surface area contributed by atoms with E-state index in [1.807, 2.05) is 60.5 Å². The Hall–Kier alpha value is -4.52. The van der Waals surface area contributed by atoms with Gasteiger partial charge in [0.15, 0.2) is 5.78 Å². The summed E-state index contributed by atoms with van der Waals surface area (Å²) in [7, 11) is 0. The molecule has 0 radical (unpaired) electrons. The van der Waals surface area contributed by atoms with Gasteiger partial charge in [-0.15, -0.1) is 0 Å². The zero-order valence-electron chi connectivity index (χ0n) is 20.3. The van der Waals surface area contributed by atoms with Gasteiger partial charge in [0.2, 0.25) is 11.8 Å². The Morgan fingerprint density at radius 3 is 2.22 bits per heavy atom. The Labute approximate surface area is 213 Å². The van der Waals surface area contributed by atoms with Crippen molar-refractivity contribution in [3.8, 4) is 5.75 Å². The highest BCUT2D eigenvalue weighted by Crippen LogP contribution is 2.53. The fourth-order valence-electron chi connectivity index (χ4n) is 5.83. The summed E-state index contributed by atoms with van der Waals surface area (Å²) in [5.41, 5.74) is 3.80. The number of esters is 1. The molecule has 6 rings (SSSR count). The highest BCUT2D eigenvalue weighted by atomic mass is 16.5. The van der Waals surface area contributed by atoms with Crippen LogP contribution in [0.5, 0.6) is 5.75 Å². The van der Waals surface area contributed by atoms with Crippen molar-refractivity contribution in [3.05, 3.63) is 101 Å². The lowest BCUT2D eigenvalue weighted by atomic mass is 9.83. The van der Waals surface area contributed by atoms with Crippen molar-refractivity contribution in [1.82, 2.24) is 4.90 Å². The fraction of sp³-hybridized carbons (Fsp3) is 0.200. The summed E-state index contributed by atoms with van der Waals surface area (Å²) in [5.74, 6) is -2.58. The number of hydrogen-bond donors (Lipinski definition) is 0. The minimum absolute atomic E-state index is 0.261. The lowest BCUT2D eigenvalue weighted by molar-refractivity contribution is -0.132. The molecule has 7 nitrogen and oxygen atoms in total. The number of carbonyl (C=O) groups is 4. The first kappa shape index (κ1) is 22.9. The summed E-state index contributed by atoms with van der Waals surface area (Å²) in [6.07, 6.45) is 3.75. The van der Waals surface area contributed by atoms with Crippen LogP contribution < -0.4 is 9.64 Å². The normalized spacial score (nSPS) is 23.5. The number of fused-ring (bicyclic) bond motifs is 5. The van der Waals surface area contributed by atoms with Crippen molar-refractivity contribution >= 4 is 35.3 Å². The topological polar surface area (TPSA) is 84.0 Å². The molecule has 184 valence electrons. The molecule has 0 aliphatic carbocycles. The summed E-state index contributed by atoms with van der Waals surface area (Å²) >= 11 is 0. The van der Waals surface area contributed by atoms with Gasteiger partial charge in [-0.25, -0.2) is 4.90 Å². The van der Waals surface area contributed by atoms with E-state index in [1.165, 1.54) is 11.8 Å². The van der Waals surface area contributed by atoms with E-state index >= 15 is 0 Å². The minimum atomic E-state index is -0.855. The third-order valence-corrected chi connectivity index (χ3v) is 7.42. The zero-order valence-corrected chi connectivity index (χ0v) is 20.3. The first-order valence-corrected chi connectivity index (χ1v) is 12.2. The molecule has 0 unspecified atom stereocenters. The first-order chi connectivity index (χ1) is 17.8. The van der Waals surface area contributed by atoms with Crippen LogP contribution in [-0.4, -0.2) is 34.5 Å². The van der Waals surface area contributed by atoms with Crippen LogP contribution in [0.4, 0.5) is 5.69 Å². The molecule has 0 bridgehead atoms. The van der Waals surface area contributed by atoms with Gasteiger partial charge in [-0.05, 0) is 60.5 Å². The van der Waals surface area contributed by atoms with Crippen LogP contribution >= 0.6 is 0 Å². The van der Waals surface area contributed by atoms with Crippen LogP contribution in [0.2, 0.25) is 0 Å². The highest BCUT2D eigenvalue weighted by Gasteiger charge is 2.64. The van der Waals surface area contributed by atoms with Crippen LogP contribution in [0.1, 0.15) is 40.0 Å². The summed E-state index contributed by atoms with van der Waals surface area (Å²) in [5, 5.41) is 0. The van der Waals surface area contributed by atoms with E-state index in [1.54, 1.807) is 36.4 Å². The van der Waals surface area contributed by atoms with Crippen LogP contribution in [0.15, 0.2) is 79.0 Å². The lowest BCUT2D eigenvalue weighted by Gasteiger charge is -2.35.